The molecule has 108 valence electrons. The Morgan fingerprint density at radius 3 is 2.53 bits per heavy atom. The predicted molar refractivity (Wildman–Crippen MR) is 77.9 cm³/mol. The van der Waals surface area contributed by atoms with Crippen LogP contribution >= 0.6 is 0 Å². The van der Waals surface area contributed by atoms with Crippen LogP contribution in [0.15, 0.2) is 30.3 Å². The van der Waals surface area contributed by atoms with Crippen LogP contribution in [0.5, 0.6) is 0 Å². The van der Waals surface area contributed by atoms with E-state index in [1.54, 1.807) is 7.11 Å². The number of methoxy groups -OCH3 is 1. The summed E-state index contributed by atoms with van der Waals surface area (Å²) >= 11 is 0. The van der Waals surface area contributed by atoms with Crippen LogP contribution in [0, 0.1) is 0 Å². The van der Waals surface area contributed by atoms with Gasteiger partial charge in [-0.3, -0.25) is 0 Å². The quantitative estimate of drug-likeness (QED) is 0.749. The second-order valence-corrected chi connectivity index (χ2v) is 6.76. The maximum Gasteiger partial charge on any atom is 0.156 e. The van der Waals surface area contributed by atoms with Gasteiger partial charge < -0.3 is 10.1 Å². The van der Waals surface area contributed by atoms with Gasteiger partial charge >= 0.3 is 0 Å². The monoisotopic (exact) mass is 285 g/mol. The van der Waals surface area contributed by atoms with E-state index in [9.17, 15) is 8.42 Å². The molecule has 0 fully saturated rings. The maximum absolute atomic E-state index is 12.2. The van der Waals surface area contributed by atoms with E-state index in [1.807, 2.05) is 30.3 Å². The molecule has 5 heteroatoms. The molecule has 0 aromatic heterocycles. The molecule has 1 aromatic carbocycles. The van der Waals surface area contributed by atoms with Gasteiger partial charge in [-0.1, -0.05) is 37.3 Å². The van der Waals surface area contributed by atoms with Crippen LogP contribution in [0.3, 0.4) is 0 Å². The van der Waals surface area contributed by atoms with Crippen molar-refractivity contribution in [3.63, 3.8) is 0 Å². The van der Waals surface area contributed by atoms with Gasteiger partial charge in [0, 0.05) is 13.2 Å². The van der Waals surface area contributed by atoms with E-state index in [0.29, 0.717) is 6.61 Å². The van der Waals surface area contributed by atoms with E-state index in [-0.39, 0.29) is 17.5 Å². The third-order valence-electron chi connectivity index (χ3n) is 2.74. The molecule has 0 aliphatic carbocycles. The van der Waals surface area contributed by atoms with E-state index in [1.165, 1.54) is 0 Å². The Morgan fingerprint density at radius 2 is 1.95 bits per heavy atom. The molecule has 0 spiro atoms. The Labute approximate surface area is 116 Å². The fourth-order valence-electron chi connectivity index (χ4n) is 1.91. The third kappa shape index (κ3) is 6.71. The molecule has 4 nitrogen and oxygen atoms in total. The lowest BCUT2D eigenvalue weighted by molar-refractivity contribution is 0.173. The van der Waals surface area contributed by atoms with Gasteiger partial charge in [-0.25, -0.2) is 8.42 Å². The molecule has 19 heavy (non-hydrogen) atoms. The zero-order chi connectivity index (χ0) is 14.1. The summed E-state index contributed by atoms with van der Waals surface area (Å²) in [6.45, 7) is 3.26. The van der Waals surface area contributed by atoms with Crippen molar-refractivity contribution >= 4 is 9.84 Å². The molecule has 0 heterocycles. The molecular weight excluding hydrogens is 262 g/mol. The Kier molecular flexibility index (Phi) is 7.05. The van der Waals surface area contributed by atoms with Gasteiger partial charge in [0.15, 0.2) is 9.84 Å². The molecule has 0 saturated heterocycles. The van der Waals surface area contributed by atoms with E-state index in [4.69, 9.17) is 4.74 Å². The highest BCUT2D eigenvalue weighted by Crippen LogP contribution is 2.07. The normalized spacial score (nSPS) is 13.4. The lowest BCUT2D eigenvalue weighted by Crippen LogP contribution is -2.40. The zero-order valence-electron chi connectivity index (χ0n) is 11.6. The molecule has 1 unspecified atom stereocenters. The van der Waals surface area contributed by atoms with Crippen molar-refractivity contribution in [3.8, 4) is 0 Å². The smallest absolute Gasteiger partial charge is 0.156 e. The summed E-state index contributed by atoms with van der Waals surface area (Å²) in [6.07, 6.45) is 0.971. The largest absolute Gasteiger partial charge is 0.383 e. The average Bonchev–Trinajstić information content (AvgIpc) is 2.36. The third-order valence-corrected chi connectivity index (χ3v) is 4.42. The highest BCUT2D eigenvalue weighted by Gasteiger charge is 2.19. The van der Waals surface area contributed by atoms with Crippen LogP contribution < -0.4 is 5.32 Å². The van der Waals surface area contributed by atoms with Gasteiger partial charge in [-0.05, 0) is 18.5 Å². The van der Waals surface area contributed by atoms with Crippen molar-refractivity contribution in [1.82, 2.24) is 5.32 Å². The summed E-state index contributed by atoms with van der Waals surface area (Å²) in [5, 5.41) is 3.21. The minimum atomic E-state index is -3.13. The van der Waals surface area contributed by atoms with Crippen LogP contribution in [0.1, 0.15) is 18.9 Å². The van der Waals surface area contributed by atoms with Crippen LogP contribution in [0.4, 0.5) is 0 Å². The highest BCUT2D eigenvalue weighted by atomic mass is 32.2. The first-order valence-electron chi connectivity index (χ1n) is 6.54. The van der Waals surface area contributed by atoms with E-state index < -0.39 is 9.84 Å². The summed E-state index contributed by atoms with van der Waals surface area (Å²) in [6, 6.07) is 9.12. The number of benzene rings is 1. The van der Waals surface area contributed by atoms with Crippen molar-refractivity contribution in [2.24, 2.45) is 0 Å². The van der Waals surface area contributed by atoms with Gasteiger partial charge in [-0.15, -0.1) is 0 Å². The van der Waals surface area contributed by atoms with Crippen LogP contribution in [0.25, 0.3) is 0 Å². The lowest BCUT2D eigenvalue weighted by atomic mass is 10.2. The minimum Gasteiger partial charge on any atom is -0.383 e. The first kappa shape index (κ1) is 16.1. The second kappa shape index (κ2) is 8.30. The fourth-order valence-corrected chi connectivity index (χ4v) is 3.55. The molecule has 1 atom stereocenters. The minimum absolute atomic E-state index is 0.0852. The second-order valence-electron chi connectivity index (χ2n) is 4.65. The van der Waals surface area contributed by atoms with Crippen molar-refractivity contribution in [3.05, 3.63) is 35.9 Å². The molecule has 0 bridgehead atoms. The predicted octanol–water partition coefficient (Wildman–Crippen LogP) is 1.62. The Balaban J connectivity index is 2.60. The molecule has 0 amide bonds. The Hall–Kier alpha value is -0.910. The maximum atomic E-state index is 12.2. The topological polar surface area (TPSA) is 55.4 Å². The van der Waals surface area contributed by atoms with Crippen molar-refractivity contribution < 1.29 is 13.2 Å². The van der Waals surface area contributed by atoms with Gasteiger partial charge in [0.1, 0.15) is 0 Å². The Morgan fingerprint density at radius 1 is 1.26 bits per heavy atom. The fraction of sp³-hybridized carbons (Fsp3) is 0.571. The first-order chi connectivity index (χ1) is 9.07. The van der Waals surface area contributed by atoms with Crippen molar-refractivity contribution in [2.45, 2.75) is 25.1 Å². The summed E-state index contributed by atoms with van der Waals surface area (Å²) in [7, 11) is -1.54. The number of hydrogen-bond donors (Lipinski definition) is 1. The lowest BCUT2D eigenvalue weighted by Gasteiger charge is -2.17. The summed E-state index contributed by atoms with van der Waals surface area (Å²) < 4.78 is 29.4. The molecule has 0 saturated carbocycles. The molecule has 0 radical (unpaired) electrons. The molecular formula is C14H23NO3S. The molecule has 1 aromatic rings. The number of sulfone groups is 1. The van der Waals surface area contributed by atoms with Gasteiger partial charge in [-0.2, -0.15) is 0 Å². The van der Waals surface area contributed by atoms with E-state index in [0.717, 1.165) is 18.5 Å². The van der Waals surface area contributed by atoms with Crippen LogP contribution in [-0.4, -0.2) is 40.5 Å². The SMILES string of the molecule is CCCNC(COC)CS(=O)(=O)Cc1ccccc1. The summed E-state index contributed by atoms with van der Waals surface area (Å²) in [4.78, 5) is 0. The number of ether oxygens (including phenoxy) is 1. The zero-order valence-corrected chi connectivity index (χ0v) is 12.4. The molecule has 0 aliphatic heterocycles. The van der Waals surface area contributed by atoms with E-state index >= 15 is 0 Å². The average molecular weight is 285 g/mol. The molecule has 1 N–H and O–H groups in total. The van der Waals surface area contributed by atoms with Crippen molar-refractivity contribution in [1.29, 1.82) is 0 Å². The summed E-state index contributed by atoms with van der Waals surface area (Å²) in [5.41, 5.74) is 0.828. The van der Waals surface area contributed by atoms with Gasteiger partial charge in [0.05, 0.1) is 18.1 Å². The van der Waals surface area contributed by atoms with Crippen LogP contribution in [0.2, 0.25) is 0 Å². The van der Waals surface area contributed by atoms with Crippen molar-refractivity contribution in [2.75, 3.05) is 26.0 Å². The van der Waals surface area contributed by atoms with E-state index in [2.05, 4.69) is 12.2 Å². The molecule has 0 aliphatic rings. The number of nitrogens with one attached hydrogen (secondary N) is 1. The number of hydrogen-bond acceptors (Lipinski definition) is 4. The van der Waals surface area contributed by atoms with Crippen LogP contribution in [-0.2, 0) is 20.3 Å². The molecule has 1 rings (SSSR count). The van der Waals surface area contributed by atoms with Gasteiger partial charge in [0.25, 0.3) is 0 Å². The Bertz CT molecular complexity index is 445. The van der Waals surface area contributed by atoms with Gasteiger partial charge in [0.2, 0.25) is 0 Å². The summed E-state index contributed by atoms with van der Waals surface area (Å²) in [5.74, 6) is 0.192. The standard InChI is InChI=1S/C14H23NO3S/c1-3-9-15-14(10-18-2)12-19(16,17)11-13-7-5-4-6-8-13/h4-8,14-15H,3,9-12H2,1-2H3. The first-order valence-corrected chi connectivity index (χ1v) is 8.36. The highest BCUT2D eigenvalue weighted by molar-refractivity contribution is 7.90. The number of rotatable bonds is 9.